The third kappa shape index (κ3) is 2.92. The van der Waals surface area contributed by atoms with Crippen LogP contribution in [0.25, 0.3) is 11.3 Å². The zero-order chi connectivity index (χ0) is 14.0. The second-order valence-corrected chi connectivity index (χ2v) is 4.06. The van der Waals surface area contributed by atoms with Gasteiger partial charge in [-0.2, -0.15) is 13.2 Å². The summed E-state index contributed by atoms with van der Waals surface area (Å²) >= 11 is 0. The molecule has 0 bridgehead atoms. The van der Waals surface area contributed by atoms with Gasteiger partial charge in [0.1, 0.15) is 5.82 Å². The largest absolute Gasteiger partial charge is 0.416 e. The van der Waals surface area contributed by atoms with Crippen molar-refractivity contribution in [3.8, 4) is 11.3 Å². The average Bonchev–Trinajstić information content (AvgIpc) is 2.38. The predicted octanol–water partition coefficient (Wildman–Crippen LogP) is 4.47. The van der Waals surface area contributed by atoms with Crippen LogP contribution in [-0.2, 0) is 12.6 Å². The SMILES string of the molecule is CCc1cccc(-c2cc(C(F)(F)F)ccc2F)n1. The first-order valence-corrected chi connectivity index (χ1v) is 5.75. The number of alkyl halides is 3. The molecule has 1 heterocycles. The normalized spacial score (nSPS) is 11.6. The Bertz CT molecular complexity index is 590. The van der Waals surface area contributed by atoms with Gasteiger partial charge in [0.2, 0.25) is 0 Å². The van der Waals surface area contributed by atoms with Crippen molar-refractivity contribution < 1.29 is 17.6 Å². The maximum absolute atomic E-state index is 13.7. The Morgan fingerprint density at radius 1 is 1.11 bits per heavy atom. The highest BCUT2D eigenvalue weighted by Crippen LogP contribution is 2.33. The van der Waals surface area contributed by atoms with E-state index < -0.39 is 17.6 Å². The molecule has 0 amide bonds. The van der Waals surface area contributed by atoms with Gasteiger partial charge in [0.05, 0.1) is 11.3 Å². The van der Waals surface area contributed by atoms with Crippen molar-refractivity contribution in [2.75, 3.05) is 0 Å². The number of nitrogens with zero attached hydrogens (tertiary/aromatic N) is 1. The van der Waals surface area contributed by atoms with Crippen LogP contribution in [0.1, 0.15) is 18.2 Å². The van der Waals surface area contributed by atoms with Gasteiger partial charge >= 0.3 is 6.18 Å². The van der Waals surface area contributed by atoms with Crippen LogP contribution in [0.2, 0.25) is 0 Å². The third-order valence-corrected chi connectivity index (χ3v) is 2.74. The highest BCUT2D eigenvalue weighted by molar-refractivity contribution is 5.61. The summed E-state index contributed by atoms with van der Waals surface area (Å²) in [4.78, 5) is 4.14. The van der Waals surface area contributed by atoms with Gasteiger partial charge < -0.3 is 0 Å². The van der Waals surface area contributed by atoms with E-state index in [1.165, 1.54) is 6.07 Å². The van der Waals surface area contributed by atoms with Crippen LogP contribution in [0.3, 0.4) is 0 Å². The molecule has 0 atom stereocenters. The Morgan fingerprint density at radius 2 is 1.84 bits per heavy atom. The number of aryl methyl sites for hydroxylation is 1. The minimum atomic E-state index is -4.50. The summed E-state index contributed by atoms with van der Waals surface area (Å²) in [5, 5.41) is 0. The Balaban J connectivity index is 2.54. The molecule has 0 aliphatic heterocycles. The van der Waals surface area contributed by atoms with Crippen molar-refractivity contribution in [1.29, 1.82) is 0 Å². The van der Waals surface area contributed by atoms with Crippen LogP contribution >= 0.6 is 0 Å². The molecular formula is C14H11F4N. The fraction of sp³-hybridized carbons (Fsp3) is 0.214. The first-order valence-electron chi connectivity index (χ1n) is 5.75. The Hall–Kier alpha value is -1.91. The van der Waals surface area contributed by atoms with Crippen LogP contribution in [0.5, 0.6) is 0 Å². The van der Waals surface area contributed by atoms with E-state index in [0.29, 0.717) is 12.1 Å². The van der Waals surface area contributed by atoms with Gasteiger partial charge in [-0.1, -0.05) is 13.0 Å². The van der Waals surface area contributed by atoms with Crippen LogP contribution in [0, 0.1) is 5.82 Å². The van der Waals surface area contributed by atoms with Gasteiger partial charge in [-0.3, -0.25) is 4.98 Å². The molecule has 1 nitrogen and oxygen atoms in total. The summed E-state index contributed by atoms with van der Waals surface area (Å²) in [6.07, 6.45) is -3.86. The molecule has 0 unspecified atom stereocenters. The number of hydrogen-bond acceptors (Lipinski definition) is 1. The standard InChI is InChI=1S/C14H11F4N/c1-2-10-4-3-5-13(19-10)11-8-9(14(16,17)18)6-7-12(11)15/h3-8H,2H2,1H3. The van der Waals surface area contributed by atoms with Crippen molar-refractivity contribution >= 4 is 0 Å². The van der Waals surface area contributed by atoms with E-state index in [1.807, 2.05) is 6.92 Å². The third-order valence-electron chi connectivity index (χ3n) is 2.74. The predicted molar refractivity (Wildman–Crippen MR) is 64.0 cm³/mol. The summed E-state index contributed by atoms with van der Waals surface area (Å²) in [7, 11) is 0. The zero-order valence-corrected chi connectivity index (χ0v) is 10.1. The van der Waals surface area contributed by atoms with Gasteiger partial charge in [0, 0.05) is 11.3 Å². The molecule has 19 heavy (non-hydrogen) atoms. The van der Waals surface area contributed by atoms with Crippen LogP contribution in [0.15, 0.2) is 36.4 Å². The molecule has 100 valence electrons. The van der Waals surface area contributed by atoms with E-state index in [9.17, 15) is 17.6 Å². The molecule has 2 aromatic rings. The number of benzene rings is 1. The lowest BCUT2D eigenvalue weighted by Gasteiger charge is -2.10. The lowest BCUT2D eigenvalue weighted by atomic mass is 10.1. The Kier molecular flexibility index (Phi) is 3.55. The molecular weight excluding hydrogens is 258 g/mol. The van der Waals surface area contributed by atoms with Crippen molar-refractivity contribution in [1.82, 2.24) is 4.98 Å². The van der Waals surface area contributed by atoms with Crippen molar-refractivity contribution in [3.05, 3.63) is 53.5 Å². The highest BCUT2D eigenvalue weighted by atomic mass is 19.4. The zero-order valence-electron chi connectivity index (χ0n) is 10.1. The highest BCUT2D eigenvalue weighted by Gasteiger charge is 2.31. The fourth-order valence-electron chi connectivity index (χ4n) is 1.72. The smallest absolute Gasteiger partial charge is 0.253 e. The molecule has 5 heteroatoms. The van der Waals surface area contributed by atoms with Crippen molar-refractivity contribution in [2.24, 2.45) is 0 Å². The van der Waals surface area contributed by atoms with E-state index >= 15 is 0 Å². The molecule has 2 rings (SSSR count). The monoisotopic (exact) mass is 269 g/mol. The van der Waals surface area contributed by atoms with Gasteiger partial charge in [-0.25, -0.2) is 4.39 Å². The topological polar surface area (TPSA) is 12.9 Å². The number of hydrogen-bond donors (Lipinski definition) is 0. The van der Waals surface area contributed by atoms with Gasteiger partial charge in [-0.05, 0) is 36.8 Å². The number of aromatic nitrogens is 1. The van der Waals surface area contributed by atoms with Gasteiger partial charge in [-0.15, -0.1) is 0 Å². The summed E-state index contributed by atoms with van der Waals surface area (Å²) in [6.45, 7) is 1.87. The average molecular weight is 269 g/mol. The van der Waals surface area contributed by atoms with Crippen LogP contribution in [0.4, 0.5) is 17.6 Å². The second-order valence-electron chi connectivity index (χ2n) is 4.06. The van der Waals surface area contributed by atoms with Crippen molar-refractivity contribution in [2.45, 2.75) is 19.5 Å². The number of rotatable bonds is 2. The molecule has 0 spiro atoms. The lowest BCUT2D eigenvalue weighted by molar-refractivity contribution is -0.137. The molecule has 0 radical (unpaired) electrons. The van der Waals surface area contributed by atoms with Crippen molar-refractivity contribution in [3.63, 3.8) is 0 Å². The lowest BCUT2D eigenvalue weighted by Crippen LogP contribution is -2.05. The summed E-state index contributed by atoms with van der Waals surface area (Å²) < 4.78 is 51.5. The Labute approximate surface area is 107 Å². The molecule has 1 aromatic heterocycles. The van der Waals surface area contributed by atoms with Gasteiger partial charge in [0.25, 0.3) is 0 Å². The Morgan fingerprint density at radius 3 is 2.47 bits per heavy atom. The summed E-state index contributed by atoms with van der Waals surface area (Å²) in [5.41, 5.74) is -0.102. The fourth-order valence-corrected chi connectivity index (χ4v) is 1.72. The molecule has 0 aliphatic rings. The van der Waals surface area contributed by atoms with E-state index in [4.69, 9.17) is 0 Å². The number of pyridine rings is 1. The molecule has 0 saturated heterocycles. The second kappa shape index (κ2) is 4.99. The van der Waals surface area contributed by atoms with E-state index in [2.05, 4.69) is 4.98 Å². The minimum Gasteiger partial charge on any atom is -0.253 e. The molecule has 0 N–H and O–H groups in total. The first-order chi connectivity index (χ1) is 8.91. The summed E-state index contributed by atoms with van der Waals surface area (Å²) in [6, 6.07) is 7.23. The molecule has 0 saturated carbocycles. The molecule has 1 aromatic carbocycles. The van der Waals surface area contributed by atoms with E-state index in [0.717, 1.165) is 18.2 Å². The summed E-state index contributed by atoms with van der Waals surface area (Å²) in [5.74, 6) is -0.714. The van der Waals surface area contributed by atoms with E-state index in [-0.39, 0.29) is 11.3 Å². The number of halogens is 4. The first kappa shape index (κ1) is 13.5. The maximum atomic E-state index is 13.7. The molecule has 0 fully saturated rings. The molecule has 0 aliphatic carbocycles. The van der Waals surface area contributed by atoms with Crippen LogP contribution < -0.4 is 0 Å². The van der Waals surface area contributed by atoms with Gasteiger partial charge in [0.15, 0.2) is 0 Å². The van der Waals surface area contributed by atoms with Crippen LogP contribution in [-0.4, -0.2) is 4.98 Å². The quantitative estimate of drug-likeness (QED) is 0.733. The maximum Gasteiger partial charge on any atom is 0.416 e. The van der Waals surface area contributed by atoms with E-state index in [1.54, 1.807) is 12.1 Å². The minimum absolute atomic E-state index is 0.134.